The first-order chi connectivity index (χ1) is 10.2. The summed E-state index contributed by atoms with van der Waals surface area (Å²) >= 11 is 6.22. The molecule has 1 aliphatic carbocycles. The van der Waals surface area contributed by atoms with E-state index in [9.17, 15) is 0 Å². The highest BCUT2D eigenvalue weighted by Crippen LogP contribution is 2.21. The van der Waals surface area contributed by atoms with Crippen molar-refractivity contribution in [3.63, 3.8) is 0 Å². The van der Waals surface area contributed by atoms with Crippen LogP contribution in [0.3, 0.4) is 0 Å². The zero-order chi connectivity index (χ0) is 14.7. The van der Waals surface area contributed by atoms with Gasteiger partial charge in [0.1, 0.15) is 5.82 Å². The van der Waals surface area contributed by atoms with E-state index in [1.54, 1.807) is 0 Å². The van der Waals surface area contributed by atoms with Crippen LogP contribution in [0.1, 0.15) is 24.0 Å². The summed E-state index contributed by atoms with van der Waals surface area (Å²) in [6, 6.07) is 12.9. The van der Waals surface area contributed by atoms with E-state index < -0.39 is 0 Å². The molecule has 3 nitrogen and oxygen atoms in total. The highest BCUT2D eigenvalue weighted by Gasteiger charge is 2.20. The lowest BCUT2D eigenvalue weighted by Gasteiger charge is -2.19. The normalized spacial score (nSPS) is 14.2. The lowest BCUT2D eigenvalue weighted by atomic mass is 10.2. The van der Waals surface area contributed by atoms with Crippen LogP contribution in [0.15, 0.2) is 42.6 Å². The van der Waals surface area contributed by atoms with Gasteiger partial charge in [0.25, 0.3) is 0 Å². The molecule has 0 aliphatic heterocycles. The molecule has 2 aromatic rings. The fraction of sp³-hybridized carbons (Fsp3) is 0.353. The van der Waals surface area contributed by atoms with Gasteiger partial charge in [-0.1, -0.05) is 29.8 Å². The molecule has 1 aromatic carbocycles. The Morgan fingerprint density at radius 3 is 2.86 bits per heavy atom. The van der Waals surface area contributed by atoms with Crippen molar-refractivity contribution < 1.29 is 0 Å². The molecule has 0 atom stereocenters. The first kappa shape index (κ1) is 14.4. The molecular weight excluding hydrogens is 282 g/mol. The van der Waals surface area contributed by atoms with Gasteiger partial charge in [0.2, 0.25) is 0 Å². The minimum Gasteiger partial charge on any atom is -0.355 e. The Morgan fingerprint density at radius 2 is 2.10 bits per heavy atom. The second kappa shape index (κ2) is 6.46. The molecule has 1 aliphatic rings. The van der Waals surface area contributed by atoms with Gasteiger partial charge in [-0.05, 0) is 42.2 Å². The Bertz CT molecular complexity index is 610. The summed E-state index contributed by atoms with van der Waals surface area (Å²) in [6.07, 6.45) is 4.50. The number of aromatic nitrogens is 1. The molecule has 21 heavy (non-hydrogen) atoms. The predicted molar refractivity (Wildman–Crippen MR) is 87.7 cm³/mol. The van der Waals surface area contributed by atoms with Gasteiger partial charge >= 0.3 is 0 Å². The maximum atomic E-state index is 6.22. The molecule has 3 rings (SSSR count). The van der Waals surface area contributed by atoms with Gasteiger partial charge in [-0.25, -0.2) is 4.98 Å². The number of rotatable bonds is 6. The summed E-state index contributed by atoms with van der Waals surface area (Å²) in [4.78, 5) is 6.59. The highest BCUT2D eigenvalue weighted by atomic mass is 35.5. The molecule has 0 bridgehead atoms. The van der Waals surface area contributed by atoms with Gasteiger partial charge in [0, 0.05) is 37.4 Å². The van der Waals surface area contributed by atoms with Crippen molar-refractivity contribution in [2.24, 2.45) is 0 Å². The van der Waals surface area contributed by atoms with Crippen LogP contribution >= 0.6 is 11.6 Å². The van der Waals surface area contributed by atoms with E-state index in [4.69, 9.17) is 11.6 Å². The van der Waals surface area contributed by atoms with Crippen molar-refractivity contribution in [1.29, 1.82) is 0 Å². The number of anilines is 1. The number of pyridine rings is 1. The first-order valence-corrected chi connectivity index (χ1v) is 7.73. The standard InChI is InChI=1S/C17H20ClN3/c1-21(12-14-4-2-3-5-16(14)18)17-10-13(8-9-19-17)11-20-15-6-7-15/h2-5,8-10,15,20H,6-7,11-12H2,1H3. The molecule has 0 saturated heterocycles. The van der Waals surface area contributed by atoms with Crippen LogP contribution in [0.4, 0.5) is 5.82 Å². The Hall–Kier alpha value is -1.58. The molecule has 0 spiro atoms. The molecule has 4 heteroatoms. The Labute approximate surface area is 131 Å². The Balaban J connectivity index is 1.67. The van der Waals surface area contributed by atoms with E-state index in [0.717, 1.165) is 35.5 Å². The van der Waals surface area contributed by atoms with E-state index in [2.05, 4.69) is 33.4 Å². The second-order valence-electron chi connectivity index (χ2n) is 5.62. The van der Waals surface area contributed by atoms with Gasteiger partial charge < -0.3 is 10.2 Å². The largest absolute Gasteiger partial charge is 0.355 e. The van der Waals surface area contributed by atoms with Crippen molar-refractivity contribution in [3.05, 3.63) is 58.7 Å². The van der Waals surface area contributed by atoms with Gasteiger partial charge in [-0.3, -0.25) is 0 Å². The van der Waals surface area contributed by atoms with Gasteiger partial charge in [-0.15, -0.1) is 0 Å². The number of benzene rings is 1. The van der Waals surface area contributed by atoms with E-state index in [1.807, 2.05) is 31.4 Å². The van der Waals surface area contributed by atoms with Crippen LogP contribution in [0.5, 0.6) is 0 Å². The predicted octanol–water partition coefficient (Wildman–Crippen LogP) is 3.62. The molecule has 110 valence electrons. The van der Waals surface area contributed by atoms with Crippen molar-refractivity contribution in [3.8, 4) is 0 Å². The second-order valence-corrected chi connectivity index (χ2v) is 6.03. The van der Waals surface area contributed by atoms with Crippen molar-refractivity contribution in [1.82, 2.24) is 10.3 Å². The summed E-state index contributed by atoms with van der Waals surface area (Å²) in [7, 11) is 2.05. The van der Waals surface area contributed by atoms with E-state index in [1.165, 1.54) is 18.4 Å². The highest BCUT2D eigenvalue weighted by molar-refractivity contribution is 6.31. The van der Waals surface area contributed by atoms with Crippen LogP contribution in [0, 0.1) is 0 Å². The van der Waals surface area contributed by atoms with Crippen molar-refractivity contribution in [2.75, 3.05) is 11.9 Å². The minimum absolute atomic E-state index is 0.725. The lowest BCUT2D eigenvalue weighted by Crippen LogP contribution is -2.19. The molecule has 1 fully saturated rings. The zero-order valence-electron chi connectivity index (χ0n) is 12.2. The summed E-state index contributed by atoms with van der Waals surface area (Å²) in [5.41, 5.74) is 2.39. The van der Waals surface area contributed by atoms with Gasteiger partial charge in [0.15, 0.2) is 0 Å². The third kappa shape index (κ3) is 3.96. The number of hydrogen-bond acceptors (Lipinski definition) is 3. The molecule has 1 saturated carbocycles. The summed E-state index contributed by atoms with van der Waals surface area (Å²) in [5.74, 6) is 0.977. The smallest absolute Gasteiger partial charge is 0.128 e. The SMILES string of the molecule is CN(Cc1ccccc1Cl)c1cc(CNC2CC2)ccn1. The van der Waals surface area contributed by atoms with Crippen LogP contribution in [-0.2, 0) is 13.1 Å². The third-order valence-electron chi connectivity index (χ3n) is 3.74. The van der Waals surface area contributed by atoms with E-state index >= 15 is 0 Å². The maximum Gasteiger partial charge on any atom is 0.128 e. The van der Waals surface area contributed by atoms with Crippen molar-refractivity contribution in [2.45, 2.75) is 32.0 Å². The Kier molecular flexibility index (Phi) is 4.42. The number of nitrogens with one attached hydrogen (secondary N) is 1. The van der Waals surface area contributed by atoms with Crippen molar-refractivity contribution >= 4 is 17.4 Å². The summed E-state index contributed by atoms with van der Waals surface area (Å²) in [6.45, 7) is 1.67. The van der Waals surface area contributed by atoms with Gasteiger partial charge in [-0.2, -0.15) is 0 Å². The Morgan fingerprint density at radius 1 is 1.29 bits per heavy atom. The van der Waals surface area contributed by atoms with Gasteiger partial charge in [0.05, 0.1) is 0 Å². The minimum atomic E-state index is 0.725. The molecule has 1 N–H and O–H groups in total. The summed E-state index contributed by atoms with van der Waals surface area (Å²) in [5, 5.41) is 4.33. The lowest BCUT2D eigenvalue weighted by molar-refractivity contribution is 0.686. The molecule has 0 radical (unpaired) electrons. The topological polar surface area (TPSA) is 28.2 Å². The monoisotopic (exact) mass is 301 g/mol. The number of nitrogens with zero attached hydrogens (tertiary/aromatic N) is 2. The molecule has 0 amide bonds. The third-order valence-corrected chi connectivity index (χ3v) is 4.11. The fourth-order valence-electron chi connectivity index (χ4n) is 2.29. The summed E-state index contributed by atoms with van der Waals surface area (Å²) < 4.78 is 0. The molecule has 0 unspecified atom stereocenters. The van der Waals surface area contributed by atoms with E-state index in [-0.39, 0.29) is 0 Å². The van der Waals surface area contributed by atoms with Crippen LogP contribution in [0.2, 0.25) is 5.02 Å². The number of halogens is 1. The zero-order valence-corrected chi connectivity index (χ0v) is 13.0. The van der Waals surface area contributed by atoms with Crippen LogP contribution in [-0.4, -0.2) is 18.1 Å². The average molecular weight is 302 g/mol. The van der Waals surface area contributed by atoms with E-state index in [0.29, 0.717) is 0 Å². The average Bonchev–Trinajstić information content (AvgIpc) is 3.32. The van der Waals surface area contributed by atoms with Crippen LogP contribution in [0.25, 0.3) is 0 Å². The first-order valence-electron chi connectivity index (χ1n) is 7.35. The molecule has 1 aromatic heterocycles. The van der Waals surface area contributed by atoms with Crippen LogP contribution < -0.4 is 10.2 Å². The molecule has 1 heterocycles. The quantitative estimate of drug-likeness (QED) is 0.883. The fourth-order valence-corrected chi connectivity index (χ4v) is 2.49. The molecular formula is C17H20ClN3. The maximum absolute atomic E-state index is 6.22. The number of hydrogen-bond donors (Lipinski definition) is 1.